The van der Waals surface area contributed by atoms with Crippen molar-refractivity contribution in [3.8, 4) is 0 Å². The van der Waals surface area contributed by atoms with Crippen LogP contribution in [0.25, 0.3) is 0 Å². The lowest BCUT2D eigenvalue weighted by atomic mass is 9.46. The number of carbonyl (C=O) groups excluding carboxylic acids is 3. The van der Waals surface area contributed by atoms with E-state index in [0.717, 1.165) is 43.3 Å². The van der Waals surface area contributed by atoms with Gasteiger partial charge in [0.05, 0.1) is 17.1 Å². The van der Waals surface area contributed by atoms with E-state index in [1.54, 1.807) is 12.2 Å². The molecule has 0 aromatic rings. The Morgan fingerprint density at radius 2 is 1.97 bits per heavy atom. The molecule has 0 unspecified atom stereocenters. The highest BCUT2D eigenvalue weighted by molar-refractivity contribution is 5.99. The monoisotopic (exact) mass is 496 g/mol. The fourth-order valence-electron chi connectivity index (χ4n) is 8.96. The molecule has 0 radical (unpaired) electrons. The van der Waals surface area contributed by atoms with Crippen LogP contribution in [0.4, 0.5) is 0 Å². The van der Waals surface area contributed by atoms with Gasteiger partial charge in [-0.3, -0.25) is 9.59 Å². The lowest BCUT2D eigenvalue weighted by Gasteiger charge is -2.58. The molecule has 0 bridgehead atoms. The zero-order valence-corrected chi connectivity index (χ0v) is 22.2. The summed E-state index contributed by atoms with van der Waals surface area (Å²) >= 11 is 0. The lowest BCUT2D eigenvalue weighted by molar-refractivity contribution is -0.154. The van der Waals surface area contributed by atoms with Gasteiger partial charge in [-0.2, -0.15) is 0 Å². The van der Waals surface area contributed by atoms with E-state index < -0.39 is 17.5 Å². The predicted molar refractivity (Wildman–Crippen MR) is 134 cm³/mol. The van der Waals surface area contributed by atoms with Crippen molar-refractivity contribution in [1.82, 2.24) is 0 Å². The number of esters is 2. The highest BCUT2D eigenvalue weighted by Gasteiger charge is 2.62. The van der Waals surface area contributed by atoms with Crippen molar-refractivity contribution in [3.63, 3.8) is 0 Å². The van der Waals surface area contributed by atoms with E-state index in [4.69, 9.17) is 9.47 Å². The maximum Gasteiger partial charge on any atom is 0.337 e. The number of rotatable bonds is 4. The minimum atomic E-state index is -0.596. The SMILES string of the molecule is CC(=O)OCC1=C(C)C[C@H]([C@@H](C)[C@H]2CC[C@H]3[C@@H]4C[C@@H](O)C5=CC=CC(=O)[C@]5(C)[C@H]4CC[C@]23C)OC1=O. The normalized spacial score (nSPS) is 42.7. The molecule has 9 atom stereocenters. The largest absolute Gasteiger partial charge is 0.461 e. The molecule has 196 valence electrons. The van der Waals surface area contributed by atoms with E-state index in [-0.39, 0.29) is 41.7 Å². The Balaban J connectivity index is 1.36. The van der Waals surface area contributed by atoms with Crippen molar-refractivity contribution in [2.24, 2.45) is 40.4 Å². The fourth-order valence-corrected chi connectivity index (χ4v) is 8.96. The smallest absolute Gasteiger partial charge is 0.337 e. The standard InChI is InChI=1S/C30H40O6/c1-16-13-26(36-28(34)20(16)15-35-18(3)31)17(2)21-9-10-22-19-14-25(32)24-7-6-8-27(33)30(24,5)23(19)11-12-29(21,22)4/h6-8,17,19,21-23,25-26,32H,9-15H2,1-5H3/t17-,19-,21+,22-,23-,25+,26+,29+,30+/m0/s1. The number of cyclic esters (lactones) is 1. The van der Waals surface area contributed by atoms with Crippen LogP contribution >= 0.6 is 0 Å². The molecule has 3 fully saturated rings. The van der Waals surface area contributed by atoms with Gasteiger partial charge in [0.25, 0.3) is 0 Å². The summed E-state index contributed by atoms with van der Waals surface area (Å²) in [5.41, 5.74) is 1.81. The zero-order valence-electron chi connectivity index (χ0n) is 22.2. The van der Waals surface area contributed by atoms with Gasteiger partial charge < -0.3 is 14.6 Å². The van der Waals surface area contributed by atoms with Crippen LogP contribution in [-0.4, -0.2) is 41.6 Å². The van der Waals surface area contributed by atoms with E-state index in [1.807, 2.05) is 13.0 Å². The van der Waals surface area contributed by atoms with Gasteiger partial charge in [-0.1, -0.05) is 31.6 Å². The van der Waals surface area contributed by atoms with Gasteiger partial charge in [0.15, 0.2) is 5.78 Å². The summed E-state index contributed by atoms with van der Waals surface area (Å²) in [7, 11) is 0. The molecule has 1 heterocycles. The van der Waals surface area contributed by atoms with Crippen LogP contribution in [0.3, 0.4) is 0 Å². The quantitative estimate of drug-likeness (QED) is 0.567. The molecule has 5 rings (SSSR count). The van der Waals surface area contributed by atoms with Crippen molar-refractivity contribution in [2.75, 3.05) is 6.61 Å². The van der Waals surface area contributed by atoms with Crippen LogP contribution in [0.5, 0.6) is 0 Å². The summed E-state index contributed by atoms with van der Waals surface area (Å²) in [4.78, 5) is 37.2. The summed E-state index contributed by atoms with van der Waals surface area (Å²) in [5.74, 6) is 1.00. The van der Waals surface area contributed by atoms with Crippen molar-refractivity contribution < 1.29 is 29.0 Å². The summed E-state index contributed by atoms with van der Waals surface area (Å²) < 4.78 is 11.0. The third-order valence-corrected chi connectivity index (χ3v) is 10.9. The molecule has 0 aromatic carbocycles. The van der Waals surface area contributed by atoms with E-state index in [9.17, 15) is 19.5 Å². The molecular weight excluding hydrogens is 456 g/mol. The van der Waals surface area contributed by atoms with Crippen LogP contribution in [0.2, 0.25) is 0 Å². The first-order valence-electron chi connectivity index (χ1n) is 13.6. The second-order valence-electron chi connectivity index (χ2n) is 12.5. The average Bonchev–Trinajstić information content (AvgIpc) is 3.16. The molecular formula is C30H40O6. The number of hydrogen-bond donors (Lipinski definition) is 1. The van der Waals surface area contributed by atoms with Crippen LogP contribution < -0.4 is 0 Å². The number of ketones is 1. The molecule has 0 saturated heterocycles. The first-order valence-corrected chi connectivity index (χ1v) is 13.6. The summed E-state index contributed by atoms with van der Waals surface area (Å²) in [6.45, 7) is 9.94. The minimum Gasteiger partial charge on any atom is -0.461 e. The van der Waals surface area contributed by atoms with Crippen molar-refractivity contribution >= 4 is 17.7 Å². The Bertz CT molecular complexity index is 1070. The number of fused-ring (bicyclic) bond motifs is 5. The number of aliphatic hydroxyl groups is 1. The molecule has 0 amide bonds. The maximum atomic E-state index is 13.2. The molecule has 4 aliphatic carbocycles. The average molecular weight is 497 g/mol. The number of carbonyl (C=O) groups is 3. The van der Waals surface area contributed by atoms with Gasteiger partial charge in [0, 0.05) is 13.3 Å². The van der Waals surface area contributed by atoms with Gasteiger partial charge in [-0.25, -0.2) is 4.79 Å². The van der Waals surface area contributed by atoms with E-state index >= 15 is 0 Å². The Kier molecular flexibility index (Phi) is 6.34. The topological polar surface area (TPSA) is 89.9 Å². The number of allylic oxidation sites excluding steroid dienone is 3. The second kappa shape index (κ2) is 8.97. The molecule has 0 aromatic heterocycles. The first kappa shape index (κ1) is 25.4. The number of hydrogen-bond acceptors (Lipinski definition) is 6. The highest BCUT2D eigenvalue weighted by atomic mass is 16.6. The first-order chi connectivity index (χ1) is 17.0. The fraction of sp³-hybridized carbons (Fsp3) is 0.700. The van der Waals surface area contributed by atoms with Crippen LogP contribution in [-0.2, 0) is 23.9 Å². The lowest BCUT2D eigenvalue weighted by Crippen LogP contribution is -2.56. The van der Waals surface area contributed by atoms with Crippen LogP contribution in [0, 0.1) is 40.4 Å². The summed E-state index contributed by atoms with van der Waals surface area (Å²) in [5, 5.41) is 11.1. The third kappa shape index (κ3) is 3.74. The van der Waals surface area contributed by atoms with Gasteiger partial charge >= 0.3 is 11.9 Å². The van der Waals surface area contributed by atoms with E-state index in [0.29, 0.717) is 29.7 Å². The molecule has 6 nitrogen and oxygen atoms in total. The molecule has 5 aliphatic rings. The Morgan fingerprint density at radius 1 is 1.22 bits per heavy atom. The third-order valence-electron chi connectivity index (χ3n) is 10.9. The van der Waals surface area contributed by atoms with E-state index in [1.165, 1.54) is 6.92 Å². The minimum absolute atomic E-state index is 0.0289. The molecule has 3 saturated carbocycles. The van der Waals surface area contributed by atoms with Gasteiger partial charge in [-0.05, 0) is 92.6 Å². The van der Waals surface area contributed by atoms with Gasteiger partial charge in [0.2, 0.25) is 0 Å². The van der Waals surface area contributed by atoms with Crippen molar-refractivity contribution in [2.45, 2.75) is 85.4 Å². The Labute approximate surface area is 214 Å². The maximum absolute atomic E-state index is 13.2. The van der Waals surface area contributed by atoms with Crippen LogP contribution in [0.15, 0.2) is 34.9 Å². The number of ether oxygens (including phenoxy) is 2. The molecule has 1 aliphatic heterocycles. The summed E-state index contributed by atoms with van der Waals surface area (Å²) in [6.07, 6.45) is 10.3. The number of aliphatic hydroxyl groups excluding tert-OH is 1. The van der Waals surface area contributed by atoms with Gasteiger partial charge in [-0.15, -0.1) is 0 Å². The second-order valence-corrected chi connectivity index (χ2v) is 12.5. The van der Waals surface area contributed by atoms with Crippen molar-refractivity contribution in [3.05, 3.63) is 34.9 Å². The Hall–Kier alpha value is -2.21. The van der Waals surface area contributed by atoms with Crippen molar-refractivity contribution in [1.29, 1.82) is 0 Å². The highest BCUT2D eigenvalue weighted by Crippen LogP contribution is 2.67. The molecule has 6 heteroatoms. The zero-order chi connectivity index (χ0) is 26.0. The summed E-state index contributed by atoms with van der Waals surface area (Å²) in [6, 6.07) is 0. The van der Waals surface area contributed by atoms with Gasteiger partial charge in [0.1, 0.15) is 12.7 Å². The molecule has 36 heavy (non-hydrogen) atoms. The van der Waals surface area contributed by atoms with E-state index in [2.05, 4.69) is 20.8 Å². The Morgan fingerprint density at radius 3 is 2.67 bits per heavy atom. The predicted octanol–water partition coefficient (Wildman–Crippen LogP) is 4.71. The molecule has 0 spiro atoms. The van der Waals surface area contributed by atoms with Crippen LogP contribution in [0.1, 0.15) is 73.1 Å². The molecule has 1 N–H and O–H groups in total.